The van der Waals surface area contributed by atoms with Crippen molar-refractivity contribution in [3.8, 4) is 5.75 Å². The Kier molecular flexibility index (Phi) is 4.78. The fourth-order valence-corrected chi connectivity index (χ4v) is 3.35. The number of hydrogen-bond acceptors (Lipinski definition) is 7. The van der Waals surface area contributed by atoms with E-state index in [-0.39, 0.29) is 15.7 Å². The molecule has 1 aliphatic rings. The highest BCUT2D eigenvalue weighted by atomic mass is 32.1. The first-order valence-corrected chi connectivity index (χ1v) is 8.43. The minimum absolute atomic E-state index is 0.0532. The molecule has 1 N–H and O–H groups in total. The number of carbonyl (C=O) groups excluding carboxylic acids is 2. The number of nitrogens with zero attached hydrogens (tertiary/aromatic N) is 2. The number of methoxy groups -OCH3 is 1. The largest absolute Gasteiger partial charge is 0.497 e. The van der Waals surface area contributed by atoms with Crippen molar-refractivity contribution in [2.24, 2.45) is 0 Å². The van der Waals surface area contributed by atoms with Gasteiger partial charge >= 0.3 is 5.00 Å². The summed E-state index contributed by atoms with van der Waals surface area (Å²) in [6, 6.07) is 9.44. The number of thiocarbonyl (C=S) groups is 1. The topological polar surface area (TPSA) is 102 Å². The third-order valence-corrected chi connectivity index (χ3v) is 4.76. The van der Waals surface area contributed by atoms with E-state index in [2.05, 4.69) is 5.32 Å². The van der Waals surface area contributed by atoms with Crippen LogP contribution in [-0.4, -0.2) is 29.0 Å². The highest BCUT2D eigenvalue weighted by Crippen LogP contribution is 2.29. The van der Waals surface area contributed by atoms with E-state index in [9.17, 15) is 19.7 Å². The molecule has 8 nitrogen and oxygen atoms in total. The zero-order valence-corrected chi connectivity index (χ0v) is 14.9. The van der Waals surface area contributed by atoms with Crippen LogP contribution < -0.4 is 15.0 Å². The predicted molar refractivity (Wildman–Crippen MR) is 100 cm³/mol. The Morgan fingerprint density at radius 3 is 2.73 bits per heavy atom. The van der Waals surface area contributed by atoms with Crippen molar-refractivity contribution in [1.29, 1.82) is 0 Å². The lowest BCUT2D eigenvalue weighted by molar-refractivity contribution is -0.380. The van der Waals surface area contributed by atoms with Gasteiger partial charge in [0, 0.05) is 17.0 Å². The van der Waals surface area contributed by atoms with Crippen molar-refractivity contribution in [3.05, 3.63) is 57.0 Å². The average Bonchev–Trinajstić information content (AvgIpc) is 3.08. The Hall–Kier alpha value is -3.11. The first kappa shape index (κ1) is 17.7. The molecule has 10 heteroatoms. The van der Waals surface area contributed by atoms with Crippen LogP contribution >= 0.6 is 23.6 Å². The summed E-state index contributed by atoms with van der Waals surface area (Å²) in [5, 5.41) is 13.1. The number of ether oxygens (including phenoxy) is 1. The maximum Gasteiger partial charge on any atom is 0.324 e. The van der Waals surface area contributed by atoms with Gasteiger partial charge in [0.25, 0.3) is 11.8 Å². The predicted octanol–water partition coefficient (Wildman–Crippen LogP) is 2.50. The Bertz CT molecular complexity index is 966. The zero-order chi connectivity index (χ0) is 18.8. The molecule has 3 rings (SSSR count). The summed E-state index contributed by atoms with van der Waals surface area (Å²) in [6.07, 6.45) is 1.31. The van der Waals surface area contributed by atoms with Gasteiger partial charge in [0.05, 0.1) is 17.7 Å². The Labute approximate surface area is 156 Å². The van der Waals surface area contributed by atoms with Gasteiger partial charge in [0.1, 0.15) is 11.3 Å². The lowest BCUT2D eigenvalue weighted by atomic mass is 10.1. The molecule has 0 bridgehead atoms. The van der Waals surface area contributed by atoms with Crippen LogP contribution in [0.5, 0.6) is 5.75 Å². The smallest absolute Gasteiger partial charge is 0.324 e. The molecule has 0 saturated carbocycles. The molecule has 26 heavy (non-hydrogen) atoms. The second-order valence-electron chi connectivity index (χ2n) is 5.09. The molecule has 2 aromatic rings. The molecular formula is C16H11N3O5S2. The zero-order valence-electron chi connectivity index (χ0n) is 13.3. The van der Waals surface area contributed by atoms with Crippen molar-refractivity contribution in [1.82, 2.24) is 5.32 Å². The Morgan fingerprint density at radius 2 is 2.08 bits per heavy atom. The summed E-state index contributed by atoms with van der Waals surface area (Å²) in [4.78, 5) is 36.9. The van der Waals surface area contributed by atoms with Gasteiger partial charge in [-0.1, -0.05) is 17.4 Å². The van der Waals surface area contributed by atoms with Gasteiger partial charge in [-0.05, 0) is 36.5 Å². The molecule has 0 spiro atoms. The van der Waals surface area contributed by atoms with E-state index in [4.69, 9.17) is 17.0 Å². The monoisotopic (exact) mass is 389 g/mol. The standard InChI is InChI=1S/C16H11N3O5S2/c1-24-10-4-2-3-9(7-10)18-15(21)12(14(20)17-16(18)25)8-11-5-6-13(26-11)19(22)23/h2-8H,1H3,(H,17,20,25)/b12-8+. The van der Waals surface area contributed by atoms with Crippen LogP contribution in [0.1, 0.15) is 4.88 Å². The molecule has 1 fully saturated rings. The van der Waals surface area contributed by atoms with Crippen molar-refractivity contribution in [2.45, 2.75) is 0 Å². The molecule has 1 saturated heterocycles. The average molecular weight is 389 g/mol. The quantitative estimate of drug-likeness (QED) is 0.283. The maximum absolute atomic E-state index is 12.8. The first-order valence-electron chi connectivity index (χ1n) is 7.20. The summed E-state index contributed by atoms with van der Waals surface area (Å²) in [5.74, 6) is -0.757. The van der Waals surface area contributed by atoms with Crippen LogP contribution in [0, 0.1) is 10.1 Å². The van der Waals surface area contributed by atoms with Gasteiger partial charge in [-0.2, -0.15) is 0 Å². The number of benzene rings is 1. The molecule has 2 amide bonds. The van der Waals surface area contributed by atoms with Crippen molar-refractivity contribution in [3.63, 3.8) is 0 Å². The second kappa shape index (κ2) is 7.02. The van der Waals surface area contributed by atoms with Crippen LogP contribution in [0.4, 0.5) is 10.7 Å². The van der Waals surface area contributed by atoms with E-state index in [1.165, 1.54) is 30.2 Å². The minimum Gasteiger partial charge on any atom is -0.497 e. The van der Waals surface area contributed by atoms with E-state index in [0.29, 0.717) is 16.3 Å². The normalized spacial score (nSPS) is 16.0. The third kappa shape index (κ3) is 3.32. The van der Waals surface area contributed by atoms with Gasteiger partial charge in [-0.25, -0.2) is 0 Å². The summed E-state index contributed by atoms with van der Waals surface area (Å²) in [6.45, 7) is 0. The van der Waals surface area contributed by atoms with Gasteiger partial charge in [-0.3, -0.25) is 29.9 Å². The van der Waals surface area contributed by atoms with E-state index < -0.39 is 16.7 Å². The lowest BCUT2D eigenvalue weighted by Crippen LogP contribution is -2.54. The minimum atomic E-state index is -0.657. The molecule has 0 unspecified atom stereocenters. The fraction of sp³-hybridized carbons (Fsp3) is 0.0625. The molecule has 1 aromatic carbocycles. The number of nitrogens with one attached hydrogen (secondary N) is 1. The van der Waals surface area contributed by atoms with Crippen LogP contribution in [0.2, 0.25) is 0 Å². The number of carbonyl (C=O) groups is 2. The molecule has 2 heterocycles. The Morgan fingerprint density at radius 1 is 1.31 bits per heavy atom. The van der Waals surface area contributed by atoms with Crippen molar-refractivity contribution in [2.75, 3.05) is 12.0 Å². The lowest BCUT2D eigenvalue weighted by Gasteiger charge is -2.29. The van der Waals surface area contributed by atoms with E-state index >= 15 is 0 Å². The van der Waals surface area contributed by atoms with Gasteiger partial charge in [0.2, 0.25) is 0 Å². The van der Waals surface area contributed by atoms with E-state index in [1.54, 1.807) is 24.3 Å². The summed E-state index contributed by atoms with van der Waals surface area (Å²) >= 11 is 5.98. The molecule has 0 atom stereocenters. The Balaban J connectivity index is 1.99. The maximum atomic E-state index is 12.8. The molecular weight excluding hydrogens is 378 g/mol. The number of rotatable bonds is 4. The number of thiophene rings is 1. The van der Waals surface area contributed by atoms with Gasteiger partial charge in [-0.15, -0.1) is 0 Å². The summed E-state index contributed by atoms with van der Waals surface area (Å²) in [7, 11) is 1.49. The summed E-state index contributed by atoms with van der Waals surface area (Å²) in [5.41, 5.74) is 0.264. The molecule has 1 aromatic heterocycles. The van der Waals surface area contributed by atoms with Crippen LogP contribution in [-0.2, 0) is 9.59 Å². The fourth-order valence-electron chi connectivity index (χ4n) is 2.30. The number of amides is 2. The molecule has 1 aliphatic heterocycles. The SMILES string of the molecule is COc1cccc(N2C(=O)/C(=C/c3ccc([N+](=O)[O-])s3)C(=O)NC2=S)c1. The number of nitro groups is 1. The highest BCUT2D eigenvalue weighted by molar-refractivity contribution is 7.80. The van der Waals surface area contributed by atoms with Crippen LogP contribution in [0.3, 0.4) is 0 Å². The molecule has 0 radical (unpaired) electrons. The summed E-state index contributed by atoms with van der Waals surface area (Å²) < 4.78 is 5.14. The highest BCUT2D eigenvalue weighted by Gasteiger charge is 2.34. The molecule has 132 valence electrons. The van der Waals surface area contributed by atoms with Crippen LogP contribution in [0.25, 0.3) is 6.08 Å². The van der Waals surface area contributed by atoms with Crippen molar-refractivity contribution < 1.29 is 19.2 Å². The van der Waals surface area contributed by atoms with Crippen LogP contribution in [0.15, 0.2) is 42.0 Å². The first-order chi connectivity index (χ1) is 12.4. The number of hydrogen-bond donors (Lipinski definition) is 1. The third-order valence-electron chi connectivity index (χ3n) is 3.49. The molecule has 0 aliphatic carbocycles. The van der Waals surface area contributed by atoms with Crippen molar-refractivity contribution >= 4 is 57.2 Å². The van der Waals surface area contributed by atoms with E-state index in [0.717, 1.165) is 11.3 Å². The van der Waals surface area contributed by atoms with E-state index in [1.807, 2.05) is 0 Å². The van der Waals surface area contributed by atoms with Gasteiger partial charge < -0.3 is 4.74 Å². The second-order valence-corrected chi connectivity index (χ2v) is 6.57. The number of anilines is 1. The van der Waals surface area contributed by atoms with Gasteiger partial charge in [0.15, 0.2) is 5.11 Å².